The molecule has 0 aromatic carbocycles. The van der Waals surface area contributed by atoms with Crippen LogP contribution in [0, 0.1) is 5.92 Å². The Morgan fingerprint density at radius 3 is 2.77 bits per heavy atom. The van der Waals surface area contributed by atoms with Crippen LogP contribution in [0.1, 0.15) is 6.42 Å². The lowest BCUT2D eigenvalue weighted by Gasteiger charge is -2.10. The Morgan fingerprint density at radius 2 is 2.38 bits per heavy atom. The van der Waals surface area contributed by atoms with Gasteiger partial charge in [-0.05, 0) is 6.42 Å². The molecule has 1 heterocycles. The fraction of sp³-hybridized carbons (Fsp3) is 0.750. The first kappa shape index (κ1) is 10.7. The van der Waals surface area contributed by atoms with Crippen molar-refractivity contribution in [2.24, 2.45) is 5.92 Å². The van der Waals surface area contributed by atoms with Crippen LogP contribution in [0.5, 0.6) is 0 Å². The normalized spacial score (nSPS) is 23.9. The van der Waals surface area contributed by atoms with Crippen LogP contribution in [0.25, 0.3) is 0 Å². The second-order valence-corrected chi connectivity index (χ2v) is 4.79. The second kappa shape index (κ2) is 4.21. The molecular weight excluding hydrogens is 192 g/mol. The lowest BCUT2D eigenvalue weighted by atomic mass is 10.0. The molecule has 2 atom stereocenters. The standard InChI is InChI=1S/C8H14O4S/c1-3-4-7(8-6-11-8)5-12-13(2,9)10/h3,7-8H,1,4-6H2,2H3/t7-,8-/m0/s1. The van der Waals surface area contributed by atoms with Crippen LogP contribution in [0.3, 0.4) is 0 Å². The average Bonchev–Trinajstić information content (AvgIpc) is 2.78. The average molecular weight is 206 g/mol. The summed E-state index contributed by atoms with van der Waals surface area (Å²) >= 11 is 0. The van der Waals surface area contributed by atoms with Gasteiger partial charge in [0.1, 0.15) is 0 Å². The Bertz CT molecular complexity index is 266. The predicted octanol–water partition coefficient (Wildman–Crippen LogP) is 0.554. The maximum Gasteiger partial charge on any atom is 0.264 e. The number of hydrogen-bond donors (Lipinski definition) is 0. The molecular formula is C8H14O4S. The molecule has 0 aromatic heterocycles. The van der Waals surface area contributed by atoms with Gasteiger partial charge in [-0.2, -0.15) is 8.42 Å². The summed E-state index contributed by atoms with van der Waals surface area (Å²) < 4.78 is 31.1. The molecule has 1 aliphatic rings. The van der Waals surface area contributed by atoms with E-state index in [2.05, 4.69) is 10.8 Å². The van der Waals surface area contributed by atoms with Gasteiger partial charge in [0.2, 0.25) is 0 Å². The fourth-order valence-corrected chi connectivity index (χ4v) is 1.50. The largest absolute Gasteiger partial charge is 0.373 e. The molecule has 0 amide bonds. The third-order valence-corrected chi connectivity index (χ3v) is 2.41. The first-order valence-corrected chi connectivity index (χ1v) is 5.91. The molecule has 1 fully saturated rings. The van der Waals surface area contributed by atoms with Crippen LogP contribution in [0.15, 0.2) is 12.7 Å². The van der Waals surface area contributed by atoms with E-state index in [1.807, 2.05) is 0 Å². The predicted molar refractivity (Wildman–Crippen MR) is 48.8 cm³/mol. The summed E-state index contributed by atoms with van der Waals surface area (Å²) in [6.45, 7) is 4.48. The van der Waals surface area contributed by atoms with Crippen LogP contribution in [-0.2, 0) is 19.0 Å². The van der Waals surface area contributed by atoms with E-state index in [1.54, 1.807) is 6.08 Å². The topological polar surface area (TPSA) is 55.9 Å². The van der Waals surface area contributed by atoms with Gasteiger partial charge >= 0.3 is 0 Å². The highest BCUT2D eigenvalue weighted by Gasteiger charge is 2.32. The molecule has 1 saturated heterocycles. The molecule has 1 aliphatic heterocycles. The first-order chi connectivity index (χ1) is 6.03. The van der Waals surface area contributed by atoms with Crippen LogP contribution in [0.4, 0.5) is 0 Å². The highest BCUT2D eigenvalue weighted by atomic mass is 32.2. The summed E-state index contributed by atoms with van der Waals surface area (Å²) in [5.41, 5.74) is 0. The fourth-order valence-electron chi connectivity index (χ4n) is 1.08. The lowest BCUT2D eigenvalue weighted by Crippen LogP contribution is -2.17. The van der Waals surface area contributed by atoms with Crippen molar-refractivity contribution in [3.05, 3.63) is 12.7 Å². The zero-order valence-electron chi connectivity index (χ0n) is 7.60. The molecule has 0 N–H and O–H groups in total. The van der Waals surface area contributed by atoms with Crippen molar-refractivity contribution in [1.29, 1.82) is 0 Å². The molecule has 5 heteroatoms. The molecule has 0 aromatic rings. The summed E-state index contributed by atoms with van der Waals surface area (Å²) in [5.74, 6) is 0.118. The van der Waals surface area contributed by atoms with Gasteiger partial charge in [-0.3, -0.25) is 4.18 Å². The van der Waals surface area contributed by atoms with Crippen molar-refractivity contribution in [3.8, 4) is 0 Å². The Kier molecular flexibility index (Phi) is 3.47. The highest BCUT2D eigenvalue weighted by molar-refractivity contribution is 7.85. The zero-order valence-corrected chi connectivity index (χ0v) is 8.42. The molecule has 0 spiro atoms. The van der Waals surface area contributed by atoms with Gasteiger partial charge < -0.3 is 4.74 Å². The van der Waals surface area contributed by atoms with Crippen molar-refractivity contribution < 1.29 is 17.3 Å². The monoisotopic (exact) mass is 206 g/mol. The van der Waals surface area contributed by atoms with Crippen LogP contribution >= 0.6 is 0 Å². The third kappa shape index (κ3) is 4.40. The van der Waals surface area contributed by atoms with Gasteiger partial charge in [-0.25, -0.2) is 0 Å². The molecule has 0 bridgehead atoms. The molecule has 0 radical (unpaired) electrons. The molecule has 1 rings (SSSR count). The Hall–Kier alpha value is -0.390. The molecule has 0 aliphatic carbocycles. The van der Waals surface area contributed by atoms with E-state index in [-0.39, 0.29) is 18.6 Å². The van der Waals surface area contributed by atoms with Gasteiger partial charge in [-0.15, -0.1) is 6.58 Å². The molecule has 4 nitrogen and oxygen atoms in total. The lowest BCUT2D eigenvalue weighted by molar-refractivity contribution is 0.218. The van der Waals surface area contributed by atoms with E-state index >= 15 is 0 Å². The van der Waals surface area contributed by atoms with Gasteiger partial charge in [-0.1, -0.05) is 6.08 Å². The molecule has 0 saturated carbocycles. The maximum atomic E-state index is 10.7. The van der Waals surface area contributed by atoms with E-state index in [9.17, 15) is 8.42 Å². The minimum Gasteiger partial charge on any atom is -0.373 e. The summed E-state index contributed by atoms with van der Waals surface area (Å²) in [4.78, 5) is 0. The number of ether oxygens (including phenoxy) is 1. The summed E-state index contributed by atoms with van der Waals surface area (Å²) in [7, 11) is -3.33. The van der Waals surface area contributed by atoms with Gasteiger partial charge in [0.05, 0.1) is 25.6 Å². The molecule has 76 valence electrons. The van der Waals surface area contributed by atoms with E-state index in [0.29, 0.717) is 6.61 Å². The van der Waals surface area contributed by atoms with Crippen LogP contribution in [0.2, 0.25) is 0 Å². The van der Waals surface area contributed by atoms with Gasteiger partial charge in [0, 0.05) is 5.92 Å². The van der Waals surface area contributed by atoms with Crippen LogP contribution in [-0.4, -0.2) is 34.0 Å². The smallest absolute Gasteiger partial charge is 0.264 e. The number of epoxide rings is 1. The Morgan fingerprint density at radius 1 is 1.77 bits per heavy atom. The van der Waals surface area contributed by atoms with Crippen LogP contribution < -0.4 is 0 Å². The minimum absolute atomic E-state index is 0.118. The van der Waals surface area contributed by atoms with E-state index in [1.165, 1.54) is 0 Å². The quantitative estimate of drug-likeness (QED) is 0.362. The Labute approximate surface area is 78.7 Å². The summed E-state index contributed by atoms with van der Waals surface area (Å²) in [6, 6.07) is 0. The summed E-state index contributed by atoms with van der Waals surface area (Å²) in [5, 5.41) is 0. The minimum atomic E-state index is -3.33. The molecule has 0 unspecified atom stereocenters. The second-order valence-electron chi connectivity index (χ2n) is 3.14. The van der Waals surface area contributed by atoms with Gasteiger partial charge in [0.25, 0.3) is 10.1 Å². The molecule has 13 heavy (non-hydrogen) atoms. The number of rotatable bonds is 6. The van der Waals surface area contributed by atoms with E-state index in [4.69, 9.17) is 4.74 Å². The first-order valence-electron chi connectivity index (χ1n) is 4.10. The van der Waals surface area contributed by atoms with Crippen molar-refractivity contribution in [3.63, 3.8) is 0 Å². The Balaban J connectivity index is 2.34. The highest BCUT2D eigenvalue weighted by Crippen LogP contribution is 2.24. The van der Waals surface area contributed by atoms with Crippen molar-refractivity contribution in [2.75, 3.05) is 19.5 Å². The SMILES string of the molecule is C=CC[C@@H](COS(C)(=O)=O)[C@@H]1CO1. The number of allylic oxidation sites excluding steroid dienone is 1. The van der Waals surface area contributed by atoms with E-state index < -0.39 is 10.1 Å². The van der Waals surface area contributed by atoms with Crippen molar-refractivity contribution in [1.82, 2.24) is 0 Å². The zero-order chi connectivity index (χ0) is 9.90. The van der Waals surface area contributed by atoms with E-state index in [0.717, 1.165) is 12.7 Å². The summed E-state index contributed by atoms with van der Waals surface area (Å²) in [6.07, 6.45) is 3.67. The van der Waals surface area contributed by atoms with Crippen molar-refractivity contribution in [2.45, 2.75) is 12.5 Å². The maximum absolute atomic E-state index is 10.7. The number of hydrogen-bond acceptors (Lipinski definition) is 4. The van der Waals surface area contributed by atoms with Crippen molar-refractivity contribution >= 4 is 10.1 Å². The van der Waals surface area contributed by atoms with Gasteiger partial charge in [0.15, 0.2) is 0 Å². The third-order valence-electron chi connectivity index (χ3n) is 1.85.